The Morgan fingerprint density at radius 1 is 0.963 bits per heavy atom. The van der Waals surface area contributed by atoms with Gasteiger partial charge in [-0.25, -0.2) is 4.79 Å². The van der Waals surface area contributed by atoms with E-state index >= 15 is 0 Å². The smallest absolute Gasteiger partial charge is 0.334 e. The molecule has 0 saturated carbocycles. The van der Waals surface area contributed by atoms with E-state index in [-0.39, 0.29) is 18.7 Å². The van der Waals surface area contributed by atoms with Crippen molar-refractivity contribution >= 4 is 5.97 Å². The molecule has 0 radical (unpaired) electrons. The van der Waals surface area contributed by atoms with Crippen LogP contribution in [0.3, 0.4) is 0 Å². The molecular formula is C21H18O6. The summed E-state index contributed by atoms with van der Waals surface area (Å²) in [5.41, 5.74) is 4.90. The Kier molecular flexibility index (Phi) is 3.53. The molecule has 0 aromatic heterocycles. The molecule has 2 aliphatic heterocycles. The number of rotatable bonds is 3. The first-order valence-corrected chi connectivity index (χ1v) is 8.73. The van der Waals surface area contributed by atoms with Gasteiger partial charge >= 0.3 is 5.97 Å². The van der Waals surface area contributed by atoms with Gasteiger partial charge in [-0.1, -0.05) is 6.07 Å². The Morgan fingerprint density at radius 3 is 2.52 bits per heavy atom. The predicted molar refractivity (Wildman–Crippen MR) is 95.6 cm³/mol. The molecule has 2 aromatic rings. The van der Waals surface area contributed by atoms with Crippen molar-refractivity contribution in [2.75, 3.05) is 27.6 Å². The quantitative estimate of drug-likeness (QED) is 0.779. The van der Waals surface area contributed by atoms with Crippen molar-refractivity contribution in [1.82, 2.24) is 0 Å². The molecule has 0 fully saturated rings. The van der Waals surface area contributed by atoms with E-state index in [4.69, 9.17) is 23.7 Å². The second kappa shape index (κ2) is 5.94. The fourth-order valence-electron chi connectivity index (χ4n) is 4.10. The van der Waals surface area contributed by atoms with E-state index in [1.165, 1.54) is 0 Å². The van der Waals surface area contributed by atoms with E-state index in [0.29, 0.717) is 24.5 Å². The van der Waals surface area contributed by atoms with Gasteiger partial charge in [0, 0.05) is 17.9 Å². The highest BCUT2D eigenvalue weighted by Crippen LogP contribution is 2.48. The van der Waals surface area contributed by atoms with Crippen LogP contribution in [0.1, 0.15) is 22.6 Å². The number of carbonyl (C=O) groups is 1. The third kappa shape index (κ3) is 2.36. The van der Waals surface area contributed by atoms with Crippen LogP contribution in [0.2, 0.25) is 0 Å². The van der Waals surface area contributed by atoms with E-state index in [9.17, 15) is 4.79 Å². The molecule has 27 heavy (non-hydrogen) atoms. The van der Waals surface area contributed by atoms with Crippen LogP contribution in [0.4, 0.5) is 0 Å². The first-order chi connectivity index (χ1) is 13.2. The van der Waals surface area contributed by atoms with Gasteiger partial charge in [-0.15, -0.1) is 0 Å². The first-order valence-electron chi connectivity index (χ1n) is 8.73. The van der Waals surface area contributed by atoms with Gasteiger partial charge in [0.25, 0.3) is 0 Å². The molecule has 138 valence electrons. The Labute approximate surface area is 156 Å². The summed E-state index contributed by atoms with van der Waals surface area (Å²) in [4.78, 5) is 12.3. The average Bonchev–Trinajstić information content (AvgIpc) is 3.30. The summed E-state index contributed by atoms with van der Waals surface area (Å²) in [5, 5.41) is 0. The maximum atomic E-state index is 12.3. The fraction of sp³-hybridized carbons (Fsp3) is 0.286. The SMILES string of the molecule is COc1ccc(C2C3=C(Cc4cc5c(cc42)OCO5)C(=O)OC3)cc1OC. The number of cyclic esters (lactones) is 1. The predicted octanol–water partition coefficient (Wildman–Crippen LogP) is 2.97. The molecule has 6 heteroatoms. The van der Waals surface area contributed by atoms with Gasteiger partial charge in [0.05, 0.1) is 14.2 Å². The Bertz CT molecular complexity index is 990. The topological polar surface area (TPSA) is 63.2 Å². The van der Waals surface area contributed by atoms with Gasteiger partial charge < -0.3 is 23.7 Å². The molecule has 2 heterocycles. The van der Waals surface area contributed by atoms with E-state index in [2.05, 4.69) is 0 Å². The van der Waals surface area contributed by atoms with Gasteiger partial charge in [-0.3, -0.25) is 0 Å². The van der Waals surface area contributed by atoms with E-state index in [1.54, 1.807) is 14.2 Å². The zero-order valence-corrected chi connectivity index (χ0v) is 15.0. The second-order valence-electron chi connectivity index (χ2n) is 6.71. The summed E-state index contributed by atoms with van der Waals surface area (Å²) < 4.78 is 27.3. The zero-order valence-electron chi connectivity index (χ0n) is 15.0. The lowest BCUT2D eigenvalue weighted by Gasteiger charge is -2.27. The molecule has 6 nitrogen and oxygen atoms in total. The standard InChI is InChI=1S/C21H18O6/c1-23-16-4-3-11(6-17(16)24-2)20-13-8-19-18(26-10-27-19)7-12(13)5-14-15(20)9-25-21(14)22/h3-4,6-8,20H,5,9-10H2,1-2H3. The lowest BCUT2D eigenvalue weighted by molar-refractivity contribution is -0.136. The van der Waals surface area contributed by atoms with Crippen LogP contribution < -0.4 is 18.9 Å². The second-order valence-corrected chi connectivity index (χ2v) is 6.71. The monoisotopic (exact) mass is 366 g/mol. The third-order valence-corrected chi connectivity index (χ3v) is 5.39. The maximum absolute atomic E-state index is 12.3. The Hall–Kier alpha value is -3.15. The average molecular weight is 366 g/mol. The Morgan fingerprint density at radius 2 is 1.74 bits per heavy atom. The number of ether oxygens (including phenoxy) is 5. The molecule has 1 aliphatic carbocycles. The lowest BCUT2D eigenvalue weighted by Crippen LogP contribution is -2.16. The third-order valence-electron chi connectivity index (χ3n) is 5.39. The number of benzene rings is 2. The van der Waals surface area contributed by atoms with Crippen molar-refractivity contribution in [2.24, 2.45) is 0 Å². The normalized spacial score (nSPS) is 19.5. The number of esters is 1. The molecule has 1 atom stereocenters. The molecule has 0 spiro atoms. The highest BCUT2D eigenvalue weighted by Gasteiger charge is 2.38. The van der Waals surface area contributed by atoms with Crippen molar-refractivity contribution < 1.29 is 28.5 Å². The van der Waals surface area contributed by atoms with E-state index < -0.39 is 0 Å². The van der Waals surface area contributed by atoms with Crippen LogP contribution in [0.15, 0.2) is 41.5 Å². The molecule has 2 aromatic carbocycles. The number of fused-ring (bicyclic) bond motifs is 2. The molecule has 0 bridgehead atoms. The van der Waals surface area contributed by atoms with Gasteiger partial charge in [-0.05, 0) is 46.5 Å². The fourth-order valence-corrected chi connectivity index (χ4v) is 4.10. The minimum absolute atomic E-state index is 0.107. The molecule has 0 amide bonds. The van der Waals surface area contributed by atoms with Gasteiger partial charge in [0.15, 0.2) is 23.0 Å². The largest absolute Gasteiger partial charge is 0.493 e. The molecule has 3 aliphatic rings. The summed E-state index contributed by atoms with van der Waals surface area (Å²) >= 11 is 0. The molecule has 0 N–H and O–H groups in total. The van der Waals surface area contributed by atoms with Crippen LogP contribution in [0.25, 0.3) is 0 Å². The first kappa shape index (κ1) is 16.1. The molecule has 5 rings (SSSR count). The summed E-state index contributed by atoms with van der Waals surface area (Å²) in [5.74, 6) is 2.42. The molecular weight excluding hydrogens is 348 g/mol. The summed E-state index contributed by atoms with van der Waals surface area (Å²) in [6.07, 6.45) is 0.546. The van der Waals surface area contributed by atoms with E-state index in [1.807, 2.05) is 30.3 Å². The Balaban J connectivity index is 1.70. The minimum atomic E-state index is -0.237. The van der Waals surface area contributed by atoms with Crippen molar-refractivity contribution in [1.29, 1.82) is 0 Å². The van der Waals surface area contributed by atoms with Crippen LogP contribution in [-0.4, -0.2) is 33.6 Å². The highest BCUT2D eigenvalue weighted by atomic mass is 16.7. The summed E-state index contributed by atoms with van der Waals surface area (Å²) in [6, 6.07) is 9.83. The number of hydrogen-bond acceptors (Lipinski definition) is 6. The van der Waals surface area contributed by atoms with Crippen LogP contribution in [-0.2, 0) is 16.0 Å². The molecule has 0 saturated heterocycles. The van der Waals surface area contributed by atoms with Crippen LogP contribution >= 0.6 is 0 Å². The summed E-state index contributed by atoms with van der Waals surface area (Å²) in [7, 11) is 3.22. The highest BCUT2D eigenvalue weighted by molar-refractivity contribution is 5.94. The minimum Gasteiger partial charge on any atom is -0.493 e. The van der Waals surface area contributed by atoms with Crippen molar-refractivity contribution in [3.05, 3.63) is 58.2 Å². The van der Waals surface area contributed by atoms with Crippen molar-refractivity contribution in [2.45, 2.75) is 12.3 Å². The molecule has 1 unspecified atom stereocenters. The number of carbonyl (C=O) groups excluding carboxylic acids is 1. The maximum Gasteiger partial charge on any atom is 0.334 e. The van der Waals surface area contributed by atoms with E-state index in [0.717, 1.165) is 39.3 Å². The van der Waals surface area contributed by atoms with Gasteiger partial charge in [0.1, 0.15) is 6.61 Å². The van der Waals surface area contributed by atoms with Crippen LogP contribution in [0.5, 0.6) is 23.0 Å². The van der Waals surface area contributed by atoms with Gasteiger partial charge in [0.2, 0.25) is 6.79 Å². The van der Waals surface area contributed by atoms with Crippen molar-refractivity contribution in [3.8, 4) is 23.0 Å². The van der Waals surface area contributed by atoms with Crippen LogP contribution in [0, 0.1) is 0 Å². The lowest BCUT2D eigenvalue weighted by atomic mass is 9.75. The summed E-state index contributed by atoms with van der Waals surface area (Å²) in [6.45, 7) is 0.523. The number of methoxy groups -OCH3 is 2. The van der Waals surface area contributed by atoms with Gasteiger partial charge in [-0.2, -0.15) is 0 Å². The zero-order chi connectivity index (χ0) is 18.5. The van der Waals surface area contributed by atoms with Crippen molar-refractivity contribution in [3.63, 3.8) is 0 Å². The number of hydrogen-bond donors (Lipinski definition) is 0.